The summed E-state index contributed by atoms with van der Waals surface area (Å²) >= 11 is 18.7. The minimum atomic E-state index is 0.102. The highest BCUT2D eigenvalue weighted by Crippen LogP contribution is 2.36. The summed E-state index contributed by atoms with van der Waals surface area (Å²) in [6, 6.07) is 15.9. The third kappa shape index (κ3) is 4.99. The van der Waals surface area contributed by atoms with Crippen LogP contribution in [-0.2, 0) is 0 Å². The first-order valence-electron chi connectivity index (χ1n) is 10.1. The van der Waals surface area contributed by atoms with Gasteiger partial charge in [0.05, 0.1) is 45.6 Å². The Hall–Kier alpha value is -2.23. The molecule has 4 rings (SSSR count). The number of hydrogen-bond donors (Lipinski definition) is 0. The van der Waals surface area contributed by atoms with Crippen LogP contribution in [0.3, 0.4) is 0 Å². The van der Waals surface area contributed by atoms with E-state index in [1.54, 1.807) is 12.3 Å². The molecule has 3 aromatic rings. The highest BCUT2D eigenvalue weighted by molar-refractivity contribution is 6.33. The third-order valence-corrected chi connectivity index (χ3v) is 6.40. The highest BCUT2D eigenvalue weighted by Gasteiger charge is 2.30. The van der Waals surface area contributed by atoms with Crippen molar-refractivity contribution < 1.29 is 0 Å². The molecule has 0 aliphatic carbocycles. The average molecular weight is 475 g/mol. The predicted octanol–water partition coefficient (Wildman–Crippen LogP) is 5.84. The van der Waals surface area contributed by atoms with Gasteiger partial charge in [0.15, 0.2) is 0 Å². The molecule has 0 radical (unpaired) electrons. The Morgan fingerprint density at radius 1 is 1.10 bits per heavy atom. The minimum Gasteiger partial charge on any atom is -0.361 e. The zero-order valence-corrected chi connectivity index (χ0v) is 19.3. The van der Waals surface area contributed by atoms with Crippen LogP contribution >= 0.6 is 34.8 Å². The van der Waals surface area contributed by atoms with Crippen molar-refractivity contribution in [1.82, 2.24) is 14.7 Å². The molecule has 0 saturated carbocycles. The quantitative estimate of drug-likeness (QED) is 0.466. The van der Waals surface area contributed by atoms with Gasteiger partial charge in [0.25, 0.3) is 0 Å². The number of nitriles is 1. The van der Waals surface area contributed by atoms with Crippen LogP contribution in [0.5, 0.6) is 0 Å². The molecular weight excluding hydrogens is 453 g/mol. The second-order valence-electron chi connectivity index (χ2n) is 7.79. The highest BCUT2D eigenvalue weighted by atomic mass is 35.5. The van der Waals surface area contributed by atoms with Crippen LogP contribution in [-0.4, -0.2) is 40.9 Å². The minimum absolute atomic E-state index is 0.102. The first-order chi connectivity index (χ1) is 14.9. The van der Waals surface area contributed by atoms with E-state index < -0.39 is 0 Å². The lowest BCUT2D eigenvalue weighted by Gasteiger charge is -2.44. The molecule has 2 atom stereocenters. The molecule has 0 bridgehead atoms. The van der Waals surface area contributed by atoms with Crippen molar-refractivity contribution >= 4 is 40.5 Å². The summed E-state index contributed by atoms with van der Waals surface area (Å²) in [4.78, 5) is 4.76. The standard InChI is InChI=1S/C23H22Cl3N5/c1-16(31-14-20(25)12-28-31)13-29-8-9-30(22-7-2-17(11-27)10-21(22)26)23(15-29)18-3-5-19(24)6-4-18/h2-7,10,12,14,16,23H,8-9,13,15H2,1H3/t16?,23-/m0/s1. The zero-order valence-electron chi connectivity index (χ0n) is 17.0. The van der Waals surface area contributed by atoms with Crippen molar-refractivity contribution in [3.8, 4) is 6.07 Å². The zero-order chi connectivity index (χ0) is 22.0. The Labute approximate surface area is 197 Å². The number of rotatable bonds is 5. The molecule has 0 N–H and O–H groups in total. The molecule has 1 aromatic heterocycles. The van der Waals surface area contributed by atoms with E-state index in [2.05, 4.69) is 40.0 Å². The fourth-order valence-corrected chi connectivity index (χ4v) is 4.65. The van der Waals surface area contributed by atoms with Crippen molar-refractivity contribution in [2.45, 2.75) is 19.0 Å². The molecule has 0 amide bonds. The van der Waals surface area contributed by atoms with Crippen LogP contribution in [0, 0.1) is 11.3 Å². The van der Waals surface area contributed by atoms with Gasteiger partial charge in [-0.2, -0.15) is 10.4 Å². The Morgan fingerprint density at radius 2 is 1.87 bits per heavy atom. The molecule has 2 aromatic carbocycles. The molecule has 0 spiro atoms. The Morgan fingerprint density at radius 3 is 2.52 bits per heavy atom. The van der Waals surface area contributed by atoms with E-state index in [9.17, 15) is 5.26 Å². The number of piperazine rings is 1. The summed E-state index contributed by atoms with van der Waals surface area (Å²) in [7, 11) is 0. The van der Waals surface area contributed by atoms with Gasteiger partial charge in [-0.25, -0.2) is 0 Å². The summed E-state index contributed by atoms with van der Waals surface area (Å²) in [5, 5.41) is 15.5. The lowest BCUT2D eigenvalue weighted by atomic mass is 10.0. The van der Waals surface area contributed by atoms with Gasteiger partial charge in [0.1, 0.15) is 0 Å². The van der Waals surface area contributed by atoms with Crippen molar-refractivity contribution in [1.29, 1.82) is 5.26 Å². The first kappa shape index (κ1) is 22.0. The van der Waals surface area contributed by atoms with Gasteiger partial charge < -0.3 is 4.90 Å². The molecule has 1 saturated heterocycles. The average Bonchev–Trinajstić information content (AvgIpc) is 3.21. The van der Waals surface area contributed by atoms with Crippen LogP contribution < -0.4 is 4.90 Å². The van der Waals surface area contributed by atoms with E-state index in [0.717, 1.165) is 31.9 Å². The lowest BCUT2D eigenvalue weighted by Crippen LogP contribution is -2.49. The molecule has 1 unspecified atom stereocenters. The van der Waals surface area contributed by atoms with Gasteiger partial charge >= 0.3 is 0 Å². The number of halogens is 3. The number of aromatic nitrogens is 2. The molecule has 31 heavy (non-hydrogen) atoms. The molecule has 160 valence electrons. The molecular formula is C23H22Cl3N5. The van der Waals surface area contributed by atoms with E-state index in [0.29, 0.717) is 20.6 Å². The van der Waals surface area contributed by atoms with E-state index in [4.69, 9.17) is 34.8 Å². The maximum absolute atomic E-state index is 9.18. The maximum atomic E-state index is 9.18. The second-order valence-corrected chi connectivity index (χ2v) is 9.07. The van der Waals surface area contributed by atoms with E-state index in [1.807, 2.05) is 35.1 Å². The number of hydrogen-bond acceptors (Lipinski definition) is 4. The summed E-state index contributed by atoms with van der Waals surface area (Å²) in [5.74, 6) is 0. The maximum Gasteiger partial charge on any atom is 0.0992 e. The Bertz CT molecular complexity index is 1090. The topological polar surface area (TPSA) is 48.1 Å². The lowest BCUT2D eigenvalue weighted by molar-refractivity contribution is 0.193. The van der Waals surface area contributed by atoms with E-state index >= 15 is 0 Å². The van der Waals surface area contributed by atoms with Crippen LogP contribution in [0.2, 0.25) is 15.1 Å². The summed E-state index contributed by atoms with van der Waals surface area (Å²) in [6.45, 7) is 5.53. The number of benzene rings is 2. The predicted molar refractivity (Wildman–Crippen MR) is 126 cm³/mol. The second kappa shape index (κ2) is 9.50. The summed E-state index contributed by atoms with van der Waals surface area (Å²) < 4.78 is 1.91. The monoisotopic (exact) mass is 473 g/mol. The van der Waals surface area contributed by atoms with Crippen LogP contribution in [0.25, 0.3) is 0 Å². The van der Waals surface area contributed by atoms with Crippen molar-refractivity contribution in [2.24, 2.45) is 0 Å². The van der Waals surface area contributed by atoms with Gasteiger partial charge in [-0.3, -0.25) is 9.58 Å². The summed E-state index contributed by atoms with van der Waals surface area (Å²) in [5.41, 5.74) is 2.67. The SMILES string of the molecule is CC(CN1CCN(c2ccc(C#N)cc2Cl)[C@H](c2ccc(Cl)cc2)C1)n1cc(Cl)cn1. The molecule has 1 aliphatic rings. The molecule has 5 nitrogen and oxygen atoms in total. The van der Waals surface area contributed by atoms with Gasteiger partial charge in [0.2, 0.25) is 0 Å². The largest absolute Gasteiger partial charge is 0.361 e. The Balaban J connectivity index is 1.59. The Kier molecular flexibility index (Phi) is 6.74. The third-order valence-electron chi connectivity index (χ3n) is 5.65. The van der Waals surface area contributed by atoms with Crippen molar-refractivity contribution in [3.63, 3.8) is 0 Å². The van der Waals surface area contributed by atoms with E-state index in [-0.39, 0.29) is 12.1 Å². The number of nitrogens with zero attached hydrogens (tertiary/aromatic N) is 5. The van der Waals surface area contributed by atoms with E-state index in [1.165, 1.54) is 5.56 Å². The summed E-state index contributed by atoms with van der Waals surface area (Å²) in [6.07, 6.45) is 3.52. The smallest absolute Gasteiger partial charge is 0.0992 e. The van der Waals surface area contributed by atoms with Crippen LogP contribution in [0.4, 0.5) is 5.69 Å². The van der Waals surface area contributed by atoms with Gasteiger partial charge in [-0.05, 0) is 42.8 Å². The normalized spacial score (nSPS) is 18.0. The van der Waals surface area contributed by atoms with Crippen molar-refractivity contribution in [3.05, 3.63) is 81.1 Å². The van der Waals surface area contributed by atoms with Gasteiger partial charge in [-0.15, -0.1) is 0 Å². The fraction of sp³-hybridized carbons (Fsp3) is 0.304. The molecule has 1 fully saturated rings. The van der Waals surface area contributed by atoms with Crippen LogP contribution in [0.15, 0.2) is 54.9 Å². The molecule has 1 aliphatic heterocycles. The van der Waals surface area contributed by atoms with Crippen molar-refractivity contribution in [2.75, 3.05) is 31.1 Å². The first-order valence-corrected chi connectivity index (χ1v) is 11.2. The fourth-order valence-electron chi connectivity index (χ4n) is 4.09. The van der Waals surface area contributed by atoms with Gasteiger partial charge in [-0.1, -0.05) is 46.9 Å². The molecule has 8 heteroatoms. The number of anilines is 1. The van der Waals surface area contributed by atoms with Gasteiger partial charge in [0, 0.05) is 37.4 Å². The van der Waals surface area contributed by atoms with Crippen LogP contribution in [0.1, 0.15) is 30.1 Å². The molecule has 2 heterocycles.